The van der Waals surface area contributed by atoms with Crippen molar-refractivity contribution < 1.29 is 4.43 Å². The smallest absolute Gasteiger partial charge is 0.184 e. The molecule has 1 saturated carbocycles. The lowest BCUT2D eigenvalue weighted by molar-refractivity contribution is 0.184. The Kier molecular flexibility index (Phi) is 2.73. The van der Waals surface area contributed by atoms with Crippen LogP contribution in [-0.2, 0) is 4.43 Å². The van der Waals surface area contributed by atoms with Gasteiger partial charge < -0.3 is 10.2 Å². The Bertz CT molecular complexity index is 133. The summed E-state index contributed by atoms with van der Waals surface area (Å²) in [5.41, 5.74) is 5.88. The average Bonchev–Trinajstić information content (AvgIpc) is 2.12. The molecule has 0 aromatic heterocycles. The molecule has 2 N–H and O–H groups in total. The van der Waals surface area contributed by atoms with Gasteiger partial charge in [-0.05, 0) is 38.9 Å². The van der Waals surface area contributed by atoms with Crippen LogP contribution in [0.1, 0.15) is 19.3 Å². The van der Waals surface area contributed by atoms with Crippen molar-refractivity contribution in [1.29, 1.82) is 0 Å². The van der Waals surface area contributed by atoms with Gasteiger partial charge in [0, 0.05) is 6.04 Å². The Morgan fingerprint density at radius 3 is 2.27 bits per heavy atom. The monoisotopic (exact) mass is 173 g/mol. The number of nitrogens with two attached hydrogens (primary N) is 1. The number of hydrogen-bond acceptors (Lipinski definition) is 2. The van der Waals surface area contributed by atoms with Crippen molar-refractivity contribution >= 4 is 8.32 Å². The summed E-state index contributed by atoms with van der Waals surface area (Å²) in [4.78, 5) is 0. The fourth-order valence-electron chi connectivity index (χ4n) is 1.56. The van der Waals surface area contributed by atoms with Crippen molar-refractivity contribution in [2.24, 2.45) is 5.73 Å². The molecule has 1 unspecified atom stereocenters. The van der Waals surface area contributed by atoms with Gasteiger partial charge in [0.25, 0.3) is 0 Å². The van der Waals surface area contributed by atoms with Crippen LogP contribution in [0.2, 0.25) is 19.6 Å². The molecule has 0 aromatic carbocycles. The van der Waals surface area contributed by atoms with E-state index in [-0.39, 0.29) is 0 Å². The Labute approximate surface area is 70.2 Å². The molecule has 0 bridgehead atoms. The van der Waals surface area contributed by atoms with Gasteiger partial charge in [-0.2, -0.15) is 0 Å². The maximum Gasteiger partial charge on any atom is 0.184 e. The van der Waals surface area contributed by atoms with Gasteiger partial charge in [-0.15, -0.1) is 0 Å². The molecule has 0 amide bonds. The van der Waals surface area contributed by atoms with Crippen molar-refractivity contribution in [3.63, 3.8) is 0 Å². The highest BCUT2D eigenvalue weighted by Crippen LogP contribution is 2.23. The topological polar surface area (TPSA) is 35.2 Å². The van der Waals surface area contributed by atoms with E-state index in [1.54, 1.807) is 0 Å². The van der Waals surface area contributed by atoms with Gasteiger partial charge in [0.2, 0.25) is 0 Å². The van der Waals surface area contributed by atoms with E-state index in [0.717, 1.165) is 6.42 Å². The highest BCUT2D eigenvalue weighted by atomic mass is 28.4. The SMILES string of the molecule is C[Si](C)(C)O[C@@H]1CCCC1N. The molecule has 0 heterocycles. The second-order valence-electron chi connectivity index (χ2n) is 4.36. The highest BCUT2D eigenvalue weighted by Gasteiger charge is 2.29. The lowest BCUT2D eigenvalue weighted by Gasteiger charge is -2.25. The summed E-state index contributed by atoms with van der Waals surface area (Å²) in [7, 11) is -1.34. The standard InChI is InChI=1S/C8H19NOSi/c1-11(2,3)10-8-6-4-5-7(8)9/h7-8H,4-6,9H2,1-3H3/t7?,8-/m1/s1. The maximum atomic E-state index is 5.92. The Morgan fingerprint density at radius 2 is 1.91 bits per heavy atom. The molecule has 3 heteroatoms. The van der Waals surface area contributed by atoms with Crippen LogP contribution in [0.15, 0.2) is 0 Å². The molecule has 2 atom stereocenters. The maximum absolute atomic E-state index is 5.92. The van der Waals surface area contributed by atoms with Gasteiger partial charge in [-0.25, -0.2) is 0 Å². The van der Waals surface area contributed by atoms with E-state index in [2.05, 4.69) is 19.6 Å². The molecule has 0 aromatic rings. The lowest BCUT2D eigenvalue weighted by atomic mass is 10.2. The molecule has 0 radical (unpaired) electrons. The van der Waals surface area contributed by atoms with Gasteiger partial charge in [-0.3, -0.25) is 0 Å². The van der Waals surface area contributed by atoms with Crippen molar-refractivity contribution in [1.82, 2.24) is 0 Å². The summed E-state index contributed by atoms with van der Waals surface area (Å²) in [5.74, 6) is 0. The van der Waals surface area contributed by atoms with E-state index in [1.807, 2.05) is 0 Å². The van der Waals surface area contributed by atoms with Crippen LogP contribution in [0, 0.1) is 0 Å². The number of hydrogen-bond donors (Lipinski definition) is 1. The van der Waals surface area contributed by atoms with E-state index in [4.69, 9.17) is 10.2 Å². The van der Waals surface area contributed by atoms with Crippen molar-refractivity contribution in [3.05, 3.63) is 0 Å². The first kappa shape index (κ1) is 9.23. The summed E-state index contributed by atoms with van der Waals surface area (Å²) in [6, 6.07) is 0.307. The summed E-state index contributed by atoms with van der Waals surface area (Å²) in [6.45, 7) is 6.66. The lowest BCUT2D eigenvalue weighted by Crippen LogP contribution is -2.39. The number of rotatable bonds is 2. The second-order valence-corrected chi connectivity index (χ2v) is 8.82. The van der Waals surface area contributed by atoms with E-state index in [0.29, 0.717) is 12.1 Å². The van der Waals surface area contributed by atoms with Crippen LogP contribution in [0.25, 0.3) is 0 Å². The Balaban J connectivity index is 2.37. The third-order valence-corrected chi connectivity index (χ3v) is 3.02. The summed E-state index contributed by atoms with van der Waals surface area (Å²) < 4.78 is 5.92. The molecule has 11 heavy (non-hydrogen) atoms. The zero-order valence-electron chi connectivity index (χ0n) is 7.76. The van der Waals surface area contributed by atoms with Crippen LogP contribution in [0.5, 0.6) is 0 Å². The van der Waals surface area contributed by atoms with E-state index < -0.39 is 8.32 Å². The predicted octanol–water partition coefficient (Wildman–Crippen LogP) is 1.72. The second kappa shape index (κ2) is 3.25. The van der Waals surface area contributed by atoms with Gasteiger partial charge in [0.05, 0.1) is 6.10 Å². The van der Waals surface area contributed by atoms with Crippen molar-refractivity contribution in [3.8, 4) is 0 Å². The van der Waals surface area contributed by atoms with Gasteiger partial charge >= 0.3 is 0 Å². The first-order valence-electron chi connectivity index (χ1n) is 4.42. The van der Waals surface area contributed by atoms with Crippen molar-refractivity contribution in [2.75, 3.05) is 0 Å². The largest absolute Gasteiger partial charge is 0.413 e. The van der Waals surface area contributed by atoms with E-state index in [1.165, 1.54) is 12.8 Å². The van der Waals surface area contributed by atoms with Crippen LogP contribution < -0.4 is 5.73 Å². The molecule has 0 aliphatic heterocycles. The minimum atomic E-state index is -1.34. The molecule has 1 fully saturated rings. The first-order valence-corrected chi connectivity index (χ1v) is 7.83. The van der Waals surface area contributed by atoms with Crippen molar-refractivity contribution in [2.45, 2.75) is 51.0 Å². The van der Waals surface area contributed by atoms with Gasteiger partial charge in [-0.1, -0.05) is 0 Å². The van der Waals surface area contributed by atoms with Gasteiger partial charge in [0.15, 0.2) is 8.32 Å². The fraction of sp³-hybridized carbons (Fsp3) is 1.00. The highest BCUT2D eigenvalue weighted by molar-refractivity contribution is 6.69. The molecule has 0 spiro atoms. The zero-order valence-corrected chi connectivity index (χ0v) is 8.76. The average molecular weight is 173 g/mol. The molecule has 66 valence electrons. The molecule has 1 rings (SSSR count). The minimum absolute atomic E-state index is 0.307. The summed E-state index contributed by atoms with van der Waals surface area (Å²) in [5, 5.41) is 0. The van der Waals surface area contributed by atoms with Crippen LogP contribution in [-0.4, -0.2) is 20.5 Å². The zero-order chi connectivity index (χ0) is 8.48. The Morgan fingerprint density at radius 1 is 1.27 bits per heavy atom. The molecule has 1 aliphatic rings. The fourth-order valence-corrected chi connectivity index (χ4v) is 2.76. The van der Waals surface area contributed by atoms with E-state index in [9.17, 15) is 0 Å². The third-order valence-electron chi connectivity index (χ3n) is 2.01. The Hall–Kier alpha value is 0.137. The molecular formula is C8H19NOSi. The van der Waals surface area contributed by atoms with Gasteiger partial charge in [0.1, 0.15) is 0 Å². The normalized spacial score (nSPS) is 32.7. The summed E-state index contributed by atoms with van der Waals surface area (Å²) >= 11 is 0. The molecule has 0 saturated heterocycles. The molecular weight excluding hydrogens is 154 g/mol. The minimum Gasteiger partial charge on any atom is -0.413 e. The van der Waals surface area contributed by atoms with Crippen LogP contribution in [0.4, 0.5) is 0 Å². The first-order chi connectivity index (χ1) is 4.99. The third kappa shape index (κ3) is 2.93. The van der Waals surface area contributed by atoms with Crippen LogP contribution in [0.3, 0.4) is 0 Å². The van der Waals surface area contributed by atoms with Crippen LogP contribution >= 0.6 is 0 Å². The molecule has 2 nitrogen and oxygen atoms in total. The molecule has 1 aliphatic carbocycles. The van der Waals surface area contributed by atoms with E-state index >= 15 is 0 Å². The summed E-state index contributed by atoms with van der Waals surface area (Å²) in [6.07, 6.45) is 3.93. The predicted molar refractivity (Wildman–Crippen MR) is 50.0 cm³/mol. The quantitative estimate of drug-likeness (QED) is 0.645.